The molecule has 1 unspecified atom stereocenters. The molecule has 0 fully saturated rings. The van der Waals surface area contributed by atoms with Crippen molar-refractivity contribution in [1.82, 2.24) is 0 Å². The predicted octanol–water partition coefficient (Wildman–Crippen LogP) is 1.47. The number of thioether (sulfide) groups is 1. The van der Waals surface area contributed by atoms with Crippen LogP contribution in [0.25, 0.3) is 0 Å². The van der Waals surface area contributed by atoms with Crippen LogP contribution in [-0.2, 0) is 10.0 Å². The standard InChI is InChI=1S/C11H19N3O2S2/c1-3-17-7-8(2)14-11-5-4-9(6-10(11)12)18(13,15)16/h4-6,8,14H,3,7,12H2,1-2H3,(H2,13,15,16). The minimum Gasteiger partial charge on any atom is -0.397 e. The summed E-state index contributed by atoms with van der Waals surface area (Å²) in [5.41, 5.74) is 6.92. The maximum atomic E-state index is 11.2. The third kappa shape index (κ3) is 4.40. The van der Waals surface area contributed by atoms with Crippen molar-refractivity contribution in [3.63, 3.8) is 0 Å². The molecule has 0 aromatic heterocycles. The molecule has 0 amide bonds. The Bertz CT molecular complexity index is 503. The average Bonchev–Trinajstić information content (AvgIpc) is 2.27. The summed E-state index contributed by atoms with van der Waals surface area (Å²) in [6, 6.07) is 4.73. The topological polar surface area (TPSA) is 98.2 Å². The van der Waals surface area contributed by atoms with Crippen molar-refractivity contribution in [2.75, 3.05) is 22.6 Å². The zero-order chi connectivity index (χ0) is 13.8. The minimum absolute atomic E-state index is 0.0288. The van der Waals surface area contributed by atoms with Crippen molar-refractivity contribution in [3.05, 3.63) is 18.2 Å². The van der Waals surface area contributed by atoms with E-state index in [1.54, 1.807) is 6.07 Å². The number of anilines is 2. The van der Waals surface area contributed by atoms with Crippen LogP contribution >= 0.6 is 11.8 Å². The van der Waals surface area contributed by atoms with Gasteiger partial charge in [-0.2, -0.15) is 11.8 Å². The third-order valence-corrected chi connectivity index (χ3v) is 4.38. The molecule has 0 radical (unpaired) electrons. The number of nitrogen functional groups attached to an aromatic ring is 1. The van der Waals surface area contributed by atoms with E-state index < -0.39 is 10.0 Å². The molecule has 1 rings (SSSR count). The van der Waals surface area contributed by atoms with E-state index in [1.165, 1.54) is 12.1 Å². The summed E-state index contributed by atoms with van der Waals surface area (Å²) in [5.74, 6) is 2.03. The summed E-state index contributed by atoms with van der Waals surface area (Å²) < 4.78 is 22.3. The molecule has 1 aromatic carbocycles. The van der Waals surface area contributed by atoms with Gasteiger partial charge >= 0.3 is 0 Å². The van der Waals surface area contributed by atoms with E-state index in [2.05, 4.69) is 19.2 Å². The summed E-state index contributed by atoms with van der Waals surface area (Å²) in [6.45, 7) is 4.16. The van der Waals surface area contributed by atoms with Crippen molar-refractivity contribution in [1.29, 1.82) is 0 Å². The van der Waals surface area contributed by atoms with Crippen LogP contribution in [0.4, 0.5) is 11.4 Å². The predicted molar refractivity (Wildman–Crippen MR) is 78.3 cm³/mol. The van der Waals surface area contributed by atoms with Crippen LogP contribution in [0.2, 0.25) is 0 Å². The van der Waals surface area contributed by atoms with Gasteiger partial charge in [-0.3, -0.25) is 0 Å². The molecular formula is C11H19N3O2S2. The fourth-order valence-corrected chi connectivity index (χ4v) is 2.67. The van der Waals surface area contributed by atoms with Crippen molar-refractivity contribution >= 4 is 33.2 Å². The first-order valence-corrected chi connectivity index (χ1v) is 8.31. The molecule has 0 aliphatic rings. The molecule has 18 heavy (non-hydrogen) atoms. The van der Waals surface area contributed by atoms with Gasteiger partial charge in [-0.05, 0) is 30.9 Å². The SMILES string of the molecule is CCSCC(C)Nc1ccc(S(N)(=O)=O)cc1N. The van der Waals surface area contributed by atoms with Crippen LogP contribution in [0, 0.1) is 0 Å². The molecule has 0 aliphatic heterocycles. The van der Waals surface area contributed by atoms with Gasteiger partial charge < -0.3 is 11.1 Å². The number of primary sulfonamides is 1. The Balaban J connectivity index is 2.80. The molecule has 0 saturated heterocycles. The highest BCUT2D eigenvalue weighted by molar-refractivity contribution is 7.99. The lowest BCUT2D eigenvalue weighted by molar-refractivity contribution is 0.598. The maximum Gasteiger partial charge on any atom is 0.238 e. The molecule has 0 heterocycles. The highest BCUT2D eigenvalue weighted by Crippen LogP contribution is 2.23. The summed E-state index contributed by atoms with van der Waals surface area (Å²) in [7, 11) is -3.70. The van der Waals surface area contributed by atoms with Gasteiger partial charge in [0, 0.05) is 11.8 Å². The largest absolute Gasteiger partial charge is 0.397 e. The minimum atomic E-state index is -3.70. The molecule has 0 saturated carbocycles. The van der Waals surface area contributed by atoms with Crippen LogP contribution in [-0.4, -0.2) is 26.0 Å². The second-order valence-corrected chi connectivity index (χ2v) is 6.88. The van der Waals surface area contributed by atoms with Gasteiger partial charge in [0.25, 0.3) is 0 Å². The van der Waals surface area contributed by atoms with Crippen LogP contribution in [0.3, 0.4) is 0 Å². The lowest BCUT2D eigenvalue weighted by atomic mass is 10.2. The van der Waals surface area contributed by atoms with Crippen molar-refractivity contribution < 1.29 is 8.42 Å². The summed E-state index contributed by atoms with van der Waals surface area (Å²) in [4.78, 5) is 0.0288. The summed E-state index contributed by atoms with van der Waals surface area (Å²) in [6.07, 6.45) is 0. The summed E-state index contributed by atoms with van der Waals surface area (Å²) in [5, 5.41) is 8.28. The van der Waals surface area contributed by atoms with Gasteiger partial charge in [0.15, 0.2) is 0 Å². The molecule has 0 spiro atoms. The second-order valence-electron chi connectivity index (χ2n) is 4.00. The molecule has 0 aliphatic carbocycles. The van der Waals surface area contributed by atoms with E-state index in [1.807, 2.05) is 11.8 Å². The lowest BCUT2D eigenvalue weighted by Gasteiger charge is -2.16. The van der Waals surface area contributed by atoms with Crippen LogP contribution < -0.4 is 16.2 Å². The highest BCUT2D eigenvalue weighted by atomic mass is 32.2. The van der Waals surface area contributed by atoms with Crippen LogP contribution in [0.15, 0.2) is 23.1 Å². The molecule has 1 atom stereocenters. The monoisotopic (exact) mass is 289 g/mol. The Morgan fingerprint density at radius 1 is 1.44 bits per heavy atom. The Morgan fingerprint density at radius 3 is 2.61 bits per heavy atom. The second kappa shape index (κ2) is 6.31. The average molecular weight is 289 g/mol. The fraction of sp³-hybridized carbons (Fsp3) is 0.455. The molecule has 5 N–H and O–H groups in total. The number of nitrogens with one attached hydrogen (secondary N) is 1. The molecule has 5 nitrogen and oxygen atoms in total. The van der Waals surface area contributed by atoms with Crippen LogP contribution in [0.5, 0.6) is 0 Å². The lowest BCUT2D eigenvalue weighted by Crippen LogP contribution is -2.19. The fourth-order valence-electron chi connectivity index (χ4n) is 1.45. The first-order chi connectivity index (χ1) is 8.34. The number of benzene rings is 1. The first-order valence-electron chi connectivity index (χ1n) is 5.61. The number of sulfonamides is 1. The Labute approximate surface area is 112 Å². The van der Waals surface area contributed by atoms with Gasteiger partial charge in [-0.15, -0.1) is 0 Å². The molecule has 7 heteroatoms. The van der Waals surface area contributed by atoms with E-state index in [0.717, 1.165) is 17.2 Å². The zero-order valence-corrected chi connectivity index (χ0v) is 12.1. The molecule has 1 aromatic rings. The zero-order valence-electron chi connectivity index (χ0n) is 10.5. The van der Waals surface area contributed by atoms with E-state index in [4.69, 9.17) is 10.9 Å². The highest BCUT2D eigenvalue weighted by Gasteiger charge is 2.11. The number of hydrogen-bond donors (Lipinski definition) is 3. The van der Waals surface area contributed by atoms with Gasteiger partial charge in [-0.1, -0.05) is 6.92 Å². The first kappa shape index (κ1) is 15.1. The van der Waals surface area contributed by atoms with Gasteiger partial charge in [0.1, 0.15) is 0 Å². The Morgan fingerprint density at radius 2 is 2.11 bits per heavy atom. The quantitative estimate of drug-likeness (QED) is 0.689. The molecular weight excluding hydrogens is 270 g/mol. The van der Waals surface area contributed by atoms with Gasteiger partial charge in [-0.25, -0.2) is 13.6 Å². The Kier molecular flexibility index (Phi) is 5.30. The van der Waals surface area contributed by atoms with E-state index in [0.29, 0.717) is 5.69 Å². The van der Waals surface area contributed by atoms with E-state index in [-0.39, 0.29) is 10.9 Å². The van der Waals surface area contributed by atoms with Crippen molar-refractivity contribution in [2.24, 2.45) is 5.14 Å². The Hall–Kier alpha value is -0.920. The number of nitrogens with two attached hydrogens (primary N) is 2. The maximum absolute atomic E-state index is 11.2. The number of hydrogen-bond acceptors (Lipinski definition) is 5. The van der Waals surface area contributed by atoms with E-state index >= 15 is 0 Å². The van der Waals surface area contributed by atoms with Crippen molar-refractivity contribution in [2.45, 2.75) is 24.8 Å². The molecule has 102 valence electrons. The van der Waals surface area contributed by atoms with Gasteiger partial charge in [0.05, 0.1) is 16.3 Å². The number of rotatable bonds is 6. The van der Waals surface area contributed by atoms with Crippen LogP contribution in [0.1, 0.15) is 13.8 Å². The third-order valence-electron chi connectivity index (χ3n) is 2.33. The van der Waals surface area contributed by atoms with Crippen molar-refractivity contribution in [3.8, 4) is 0 Å². The molecule has 0 bridgehead atoms. The summed E-state index contributed by atoms with van der Waals surface area (Å²) >= 11 is 1.83. The van der Waals surface area contributed by atoms with E-state index in [9.17, 15) is 8.42 Å². The normalized spacial score (nSPS) is 13.3. The van der Waals surface area contributed by atoms with Gasteiger partial charge in [0.2, 0.25) is 10.0 Å². The smallest absolute Gasteiger partial charge is 0.238 e.